The third kappa shape index (κ3) is 6.22. The number of fused-ring (bicyclic) bond motifs is 1. The molecule has 1 aliphatic heterocycles. The van der Waals surface area contributed by atoms with Crippen molar-refractivity contribution in [3.8, 4) is 16.2 Å². The molecule has 7 rings (SSSR count). The van der Waals surface area contributed by atoms with Crippen molar-refractivity contribution in [1.82, 2.24) is 20.5 Å². The molecule has 3 aliphatic rings. The predicted octanol–water partition coefficient (Wildman–Crippen LogP) is 7.18. The fraction of sp³-hybridized carbons (Fsp3) is 0.371. The Balaban J connectivity index is 0.000000573. The highest BCUT2D eigenvalue weighted by Gasteiger charge is 2.47. The molecule has 1 amide bonds. The van der Waals surface area contributed by atoms with Gasteiger partial charge in [-0.1, -0.05) is 25.0 Å². The van der Waals surface area contributed by atoms with E-state index in [0.717, 1.165) is 53.5 Å². The van der Waals surface area contributed by atoms with Crippen LogP contribution in [0.1, 0.15) is 64.9 Å². The maximum atomic E-state index is 13.5. The van der Waals surface area contributed by atoms with Crippen LogP contribution >= 0.6 is 11.3 Å². The Morgan fingerprint density at radius 3 is 2.60 bits per heavy atom. The van der Waals surface area contributed by atoms with E-state index in [9.17, 15) is 4.79 Å². The summed E-state index contributed by atoms with van der Waals surface area (Å²) in [6.07, 6.45) is 13.1. The van der Waals surface area contributed by atoms with Gasteiger partial charge in [-0.15, -0.1) is 11.3 Å². The van der Waals surface area contributed by atoms with Gasteiger partial charge in [0.2, 0.25) is 0 Å². The molecule has 2 fully saturated rings. The summed E-state index contributed by atoms with van der Waals surface area (Å²) in [4.78, 5) is 22.9. The number of benzene rings is 2. The lowest BCUT2D eigenvalue weighted by Gasteiger charge is -2.22. The Labute approximate surface area is 252 Å². The first kappa shape index (κ1) is 28.4. The zero-order chi connectivity index (χ0) is 29.1. The summed E-state index contributed by atoms with van der Waals surface area (Å²) in [7, 11) is 3.68. The van der Waals surface area contributed by atoms with E-state index in [-0.39, 0.29) is 11.4 Å². The number of nitrogens with one attached hydrogen (secondary N) is 2. The Morgan fingerprint density at radius 1 is 1.12 bits per heavy atom. The fourth-order valence-corrected chi connectivity index (χ4v) is 6.83. The van der Waals surface area contributed by atoms with Crippen molar-refractivity contribution in [1.29, 1.82) is 0 Å². The molecular weight excluding hydrogens is 540 g/mol. The van der Waals surface area contributed by atoms with Gasteiger partial charge in [0.1, 0.15) is 5.75 Å². The summed E-state index contributed by atoms with van der Waals surface area (Å²) in [6.45, 7) is 4.03. The van der Waals surface area contributed by atoms with Crippen molar-refractivity contribution >= 4 is 28.1 Å². The Bertz CT molecular complexity index is 1600. The van der Waals surface area contributed by atoms with Gasteiger partial charge in [0.05, 0.1) is 18.2 Å². The van der Waals surface area contributed by atoms with Crippen LogP contribution in [-0.2, 0) is 12.1 Å². The zero-order valence-corrected chi connectivity index (χ0v) is 25.6. The highest BCUT2D eigenvalue weighted by Crippen LogP contribution is 2.49. The van der Waals surface area contributed by atoms with Gasteiger partial charge in [-0.3, -0.25) is 9.78 Å². The molecule has 6 nitrogen and oxygen atoms in total. The Hall–Kier alpha value is -3.68. The van der Waals surface area contributed by atoms with E-state index in [1.54, 1.807) is 7.11 Å². The average molecular weight is 581 g/mol. The molecular formula is C35H40N4O2S. The monoisotopic (exact) mass is 580 g/mol. The molecule has 0 bridgehead atoms. The molecule has 0 radical (unpaired) electrons. The van der Waals surface area contributed by atoms with Crippen molar-refractivity contribution in [3.63, 3.8) is 0 Å². The van der Waals surface area contributed by atoms with Gasteiger partial charge in [0.15, 0.2) is 0 Å². The number of hydrogen-bond donors (Lipinski definition) is 2. The molecule has 0 atom stereocenters. The van der Waals surface area contributed by atoms with Crippen LogP contribution in [0.15, 0.2) is 73.1 Å². The lowest BCUT2D eigenvalue weighted by atomic mass is 9.95. The highest BCUT2D eigenvalue weighted by atomic mass is 32.1. The van der Waals surface area contributed by atoms with Crippen LogP contribution in [0.25, 0.3) is 21.3 Å². The third-order valence-corrected chi connectivity index (χ3v) is 9.78. The largest absolute Gasteiger partial charge is 0.497 e. The molecule has 42 heavy (non-hydrogen) atoms. The molecule has 0 saturated heterocycles. The minimum absolute atomic E-state index is 0.0623. The topological polar surface area (TPSA) is 66.5 Å². The van der Waals surface area contributed by atoms with E-state index >= 15 is 0 Å². The number of pyridine rings is 1. The van der Waals surface area contributed by atoms with Crippen molar-refractivity contribution in [2.24, 2.45) is 0 Å². The Morgan fingerprint density at radius 2 is 1.90 bits per heavy atom. The molecule has 2 aromatic carbocycles. The van der Waals surface area contributed by atoms with E-state index in [1.807, 2.05) is 48.7 Å². The summed E-state index contributed by atoms with van der Waals surface area (Å²) in [5.41, 5.74) is 4.49. The number of thiophene rings is 1. The molecule has 7 heteroatoms. The predicted molar refractivity (Wildman–Crippen MR) is 172 cm³/mol. The summed E-state index contributed by atoms with van der Waals surface area (Å²) in [6, 6.07) is 19.3. The molecule has 4 aromatic rings. The third-order valence-electron chi connectivity index (χ3n) is 8.65. The van der Waals surface area contributed by atoms with Crippen molar-refractivity contribution < 1.29 is 9.53 Å². The second kappa shape index (κ2) is 12.3. The first-order valence-corrected chi connectivity index (χ1v) is 15.8. The SMILES string of the molecule is CN1C=CC1.COc1ccc(C)c(C(=O)NC2(c3cc(-c4ccc(CNC5CCCC5)s4)cc4ncccc34)CC2)c1. The lowest BCUT2D eigenvalue weighted by molar-refractivity contribution is 0.0930. The summed E-state index contributed by atoms with van der Waals surface area (Å²) in [5.74, 6) is 0.626. The second-order valence-corrected chi connectivity index (χ2v) is 12.9. The van der Waals surface area contributed by atoms with Crippen molar-refractivity contribution in [2.45, 2.75) is 63.6 Å². The average Bonchev–Trinajstić information content (AvgIpc) is 3.35. The van der Waals surface area contributed by atoms with E-state index in [0.29, 0.717) is 17.4 Å². The number of carbonyl (C=O) groups is 1. The van der Waals surface area contributed by atoms with Crippen LogP contribution < -0.4 is 15.4 Å². The van der Waals surface area contributed by atoms with Gasteiger partial charge in [0.25, 0.3) is 5.91 Å². The fourth-order valence-electron chi connectivity index (χ4n) is 5.88. The highest BCUT2D eigenvalue weighted by molar-refractivity contribution is 7.15. The van der Waals surface area contributed by atoms with E-state index in [4.69, 9.17) is 9.72 Å². The number of rotatable bonds is 8. The van der Waals surface area contributed by atoms with Gasteiger partial charge in [0, 0.05) is 53.1 Å². The van der Waals surface area contributed by atoms with Crippen LogP contribution in [0.5, 0.6) is 5.75 Å². The molecule has 2 aliphatic carbocycles. The van der Waals surface area contributed by atoms with E-state index in [1.165, 1.54) is 35.4 Å². The quantitative estimate of drug-likeness (QED) is 0.231. The second-order valence-electron chi connectivity index (χ2n) is 11.8. The molecule has 218 valence electrons. The smallest absolute Gasteiger partial charge is 0.252 e. The number of hydrogen-bond acceptors (Lipinski definition) is 6. The summed E-state index contributed by atoms with van der Waals surface area (Å²) < 4.78 is 5.37. The molecule has 0 spiro atoms. The van der Waals surface area contributed by atoms with Crippen LogP contribution in [0.2, 0.25) is 0 Å². The standard InChI is InChI=1S/C31H33N3O2S.C4H7N/c1-20-9-10-23(36-2)18-26(20)30(35)34-31(13-14-31)27-16-21(17-28-25(27)8-5-15-32-28)29-12-11-24(37-29)19-33-22-6-3-4-7-22;1-5-3-2-4-5/h5,8-12,15-18,22,33H,3-4,6-7,13-14,19H2,1-2H3,(H,34,35);2-3H,4H2,1H3. The summed E-state index contributed by atoms with van der Waals surface area (Å²) in [5, 5.41) is 8.22. The van der Waals surface area contributed by atoms with E-state index < -0.39 is 0 Å². The molecule has 2 N–H and O–H groups in total. The number of likely N-dealkylation sites (N-methyl/N-ethyl adjacent to an activating group) is 1. The first-order valence-electron chi connectivity index (χ1n) is 15.0. The van der Waals surface area contributed by atoms with Crippen LogP contribution in [0.3, 0.4) is 0 Å². The summed E-state index contributed by atoms with van der Waals surface area (Å²) >= 11 is 1.84. The number of aryl methyl sites for hydroxylation is 1. The number of ether oxygens (including phenoxy) is 1. The molecule has 3 heterocycles. The van der Waals surface area contributed by atoms with Gasteiger partial charge >= 0.3 is 0 Å². The number of methoxy groups -OCH3 is 1. The molecule has 2 saturated carbocycles. The lowest BCUT2D eigenvalue weighted by Crippen LogP contribution is -2.35. The molecule has 0 unspecified atom stereocenters. The van der Waals surface area contributed by atoms with E-state index in [2.05, 4.69) is 65.2 Å². The first-order chi connectivity index (χ1) is 20.4. The number of amides is 1. The minimum atomic E-state index is -0.381. The van der Waals surface area contributed by atoms with Crippen LogP contribution in [0.4, 0.5) is 0 Å². The maximum Gasteiger partial charge on any atom is 0.252 e. The van der Waals surface area contributed by atoms with Crippen LogP contribution in [-0.4, -0.2) is 42.5 Å². The maximum absolute atomic E-state index is 13.5. The number of carbonyl (C=O) groups excluding carboxylic acids is 1. The van der Waals surface area contributed by atoms with Gasteiger partial charge in [-0.05, 0) is 104 Å². The van der Waals surface area contributed by atoms with Gasteiger partial charge in [-0.25, -0.2) is 0 Å². The van der Waals surface area contributed by atoms with Crippen LogP contribution in [0, 0.1) is 6.92 Å². The number of aromatic nitrogens is 1. The van der Waals surface area contributed by atoms with Gasteiger partial charge in [-0.2, -0.15) is 0 Å². The van der Waals surface area contributed by atoms with Crippen molar-refractivity contribution in [3.05, 3.63) is 94.6 Å². The minimum Gasteiger partial charge on any atom is -0.497 e. The number of nitrogens with zero attached hydrogens (tertiary/aromatic N) is 2. The zero-order valence-electron chi connectivity index (χ0n) is 24.8. The van der Waals surface area contributed by atoms with Gasteiger partial charge < -0.3 is 20.3 Å². The normalized spacial score (nSPS) is 17.0. The van der Waals surface area contributed by atoms with Crippen molar-refractivity contribution in [2.75, 3.05) is 20.7 Å². The Kier molecular flexibility index (Phi) is 8.31. The molecule has 2 aromatic heterocycles.